The van der Waals surface area contributed by atoms with E-state index in [0.29, 0.717) is 13.1 Å². The van der Waals surface area contributed by atoms with Crippen LogP contribution in [0.4, 0.5) is 17.1 Å². The molecule has 0 radical (unpaired) electrons. The Bertz CT molecular complexity index is 1260. The molecule has 0 amide bonds. The second-order valence-electron chi connectivity index (χ2n) is 8.20. The number of thioether (sulfide) groups is 1. The molecule has 0 aliphatic carbocycles. The molecule has 188 valence electrons. The van der Waals surface area contributed by atoms with Crippen molar-refractivity contribution in [2.45, 2.75) is 13.1 Å². The third-order valence-electron chi connectivity index (χ3n) is 5.63. The molecule has 0 aliphatic heterocycles. The number of nitrogens with zero attached hydrogens (tertiary/aromatic N) is 4. The minimum absolute atomic E-state index is 0.707. The number of methoxy groups -OCH3 is 2. The van der Waals surface area contributed by atoms with E-state index in [0.717, 1.165) is 33.7 Å². The first-order valence-electron chi connectivity index (χ1n) is 11.9. The molecule has 0 fully saturated rings. The van der Waals surface area contributed by atoms with E-state index in [-0.39, 0.29) is 0 Å². The quantitative estimate of drug-likeness (QED) is 0.129. The number of benzene rings is 4. The van der Waals surface area contributed by atoms with E-state index in [1.807, 2.05) is 78.9 Å². The highest BCUT2D eigenvalue weighted by atomic mass is 32.2. The van der Waals surface area contributed by atoms with Crippen molar-refractivity contribution in [1.29, 1.82) is 0 Å². The first-order valence-corrected chi connectivity index (χ1v) is 13.1. The number of hydrogen-bond acceptors (Lipinski definition) is 6. The third kappa shape index (κ3) is 7.69. The summed E-state index contributed by atoms with van der Waals surface area (Å²) in [6.45, 7) is 1.41. The third-order valence-corrected chi connectivity index (χ3v) is 6.34. The van der Waals surface area contributed by atoms with Gasteiger partial charge in [0.25, 0.3) is 0 Å². The van der Waals surface area contributed by atoms with Gasteiger partial charge in [0.15, 0.2) is 5.17 Å². The summed E-state index contributed by atoms with van der Waals surface area (Å²) in [7, 11) is 3.36. The Kier molecular flexibility index (Phi) is 9.32. The van der Waals surface area contributed by atoms with Gasteiger partial charge in [-0.15, -0.1) is 0 Å². The Hall–Kier alpha value is -4.10. The number of rotatable bonds is 9. The molecule has 0 atom stereocenters. The maximum Gasteiger partial charge on any atom is 0.164 e. The molecule has 0 unspecified atom stereocenters. The van der Waals surface area contributed by atoms with Gasteiger partial charge in [-0.1, -0.05) is 54.2 Å². The summed E-state index contributed by atoms with van der Waals surface area (Å²) >= 11 is 1.62. The van der Waals surface area contributed by atoms with Gasteiger partial charge in [-0.05, 0) is 78.0 Å². The van der Waals surface area contributed by atoms with Crippen molar-refractivity contribution in [2.75, 3.05) is 20.5 Å². The SMILES string of the molecule is COc1ccc(CN(Cc2ccc(OC)cc2)C(=Nc2ccc(N=Nc3ccccc3)cc2)SC)cc1. The van der Waals surface area contributed by atoms with Gasteiger partial charge < -0.3 is 14.4 Å². The largest absolute Gasteiger partial charge is 0.497 e. The van der Waals surface area contributed by atoms with Crippen LogP contribution in [0.25, 0.3) is 0 Å². The van der Waals surface area contributed by atoms with Crippen molar-refractivity contribution >= 4 is 34.0 Å². The zero-order valence-corrected chi connectivity index (χ0v) is 22.1. The molecule has 0 aromatic heterocycles. The summed E-state index contributed by atoms with van der Waals surface area (Å²) in [4.78, 5) is 7.26. The van der Waals surface area contributed by atoms with Crippen LogP contribution in [-0.2, 0) is 13.1 Å². The van der Waals surface area contributed by atoms with Crippen molar-refractivity contribution in [3.05, 3.63) is 114 Å². The van der Waals surface area contributed by atoms with Crippen molar-refractivity contribution < 1.29 is 9.47 Å². The fourth-order valence-electron chi connectivity index (χ4n) is 3.65. The highest BCUT2D eigenvalue weighted by Gasteiger charge is 2.13. The van der Waals surface area contributed by atoms with Crippen LogP contribution in [-0.4, -0.2) is 30.5 Å². The minimum Gasteiger partial charge on any atom is -0.497 e. The summed E-state index contributed by atoms with van der Waals surface area (Å²) < 4.78 is 10.6. The smallest absolute Gasteiger partial charge is 0.164 e. The molecule has 0 saturated heterocycles. The molecule has 0 N–H and O–H groups in total. The lowest BCUT2D eigenvalue weighted by molar-refractivity contribution is 0.405. The van der Waals surface area contributed by atoms with Crippen molar-refractivity contribution in [3.8, 4) is 11.5 Å². The Labute approximate surface area is 222 Å². The lowest BCUT2D eigenvalue weighted by atomic mass is 10.1. The van der Waals surface area contributed by atoms with Crippen LogP contribution in [0.15, 0.2) is 118 Å². The van der Waals surface area contributed by atoms with Crippen LogP contribution in [0.3, 0.4) is 0 Å². The van der Waals surface area contributed by atoms with Gasteiger partial charge in [-0.2, -0.15) is 10.2 Å². The molecule has 0 saturated carbocycles. The molecule has 0 heterocycles. The number of azo groups is 1. The van der Waals surface area contributed by atoms with Gasteiger partial charge in [0, 0.05) is 13.1 Å². The molecular formula is C30H30N4O2S. The highest BCUT2D eigenvalue weighted by Crippen LogP contribution is 2.25. The van der Waals surface area contributed by atoms with E-state index in [2.05, 4.69) is 45.6 Å². The first kappa shape index (κ1) is 26.0. The van der Waals surface area contributed by atoms with Crippen LogP contribution in [0.5, 0.6) is 11.5 Å². The predicted octanol–water partition coefficient (Wildman–Crippen LogP) is 8.17. The molecule has 0 aliphatic rings. The minimum atomic E-state index is 0.707. The Morgan fingerprint density at radius 2 is 1.08 bits per heavy atom. The van der Waals surface area contributed by atoms with E-state index in [1.54, 1.807) is 26.0 Å². The van der Waals surface area contributed by atoms with Crippen LogP contribution in [0, 0.1) is 0 Å². The maximum absolute atomic E-state index is 5.32. The summed E-state index contributed by atoms with van der Waals surface area (Å²) in [6, 6.07) is 33.8. The monoisotopic (exact) mass is 510 g/mol. The van der Waals surface area contributed by atoms with Crippen LogP contribution in [0.2, 0.25) is 0 Å². The van der Waals surface area contributed by atoms with E-state index >= 15 is 0 Å². The zero-order chi connectivity index (χ0) is 25.9. The number of ether oxygens (including phenoxy) is 2. The van der Waals surface area contributed by atoms with Crippen LogP contribution < -0.4 is 9.47 Å². The fourth-order valence-corrected chi connectivity index (χ4v) is 4.24. The molecule has 0 spiro atoms. The Morgan fingerprint density at radius 1 is 0.622 bits per heavy atom. The average Bonchev–Trinajstić information content (AvgIpc) is 2.96. The lowest BCUT2D eigenvalue weighted by Gasteiger charge is -2.25. The topological polar surface area (TPSA) is 58.8 Å². The molecule has 6 nitrogen and oxygen atoms in total. The zero-order valence-electron chi connectivity index (χ0n) is 21.2. The van der Waals surface area contributed by atoms with Gasteiger partial charge in [-0.25, -0.2) is 4.99 Å². The second kappa shape index (κ2) is 13.3. The molecule has 7 heteroatoms. The highest BCUT2D eigenvalue weighted by molar-refractivity contribution is 8.13. The lowest BCUT2D eigenvalue weighted by Crippen LogP contribution is -2.27. The number of hydrogen-bond donors (Lipinski definition) is 0. The van der Waals surface area contributed by atoms with Crippen molar-refractivity contribution in [1.82, 2.24) is 4.90 Å². The molecule has 4 aromatic rings. The average molecular weight is 511 g/mol. The Morgan fingerprint density at radius 3 is 1.54 bits per heavy atom. The predicted molar refractivity (Wildman–Crippen MR) is 153 cm³/mol. The van der Waals surface area contributed by atoms with E-state index in [1.165, 1.54) is 11.1 Å². The van der Waals surface area contributed by atoms with Crippen LogP contribution >= 0.6 is 11.8 Å². The van der Waals surface area contributed by atoms with Gasteiger partial charge in [0.05, 0.1) is 31.3 Å². The van der Waals surface area contributed by atoms with Gasteiger partial charge >= 0.3 is 0 Å². The fraction of sp³-hybridized carbons (Fsp3) is 0.167. The van der Waals surface area contributed by atoms with Gasteiger partial charge in [0.2, 0.25) is 0 Å². The molecule has 37 heavy (non-hydrogen) atoms. The van der Waals surface area contributed by atoms with E-state index in [9.17, 15) is 0 Å². The number of amidine groups is 1. The van der Waals surface area contributed by atoms with Gasteiger partial charge in [-0.3, -0.25) is 0 Å². The molecular weight excluding hydrogens is 480 g/mol. The second-order valence-corrected chi connectivity index (χ2v) is 8.98. The summed E-state index contributed by atoms with van der Waals surface area (Å²) in [5, 5.41) is 9.54. The number of aliphatic imine (C=N–C) groups is 1. The van der Waals surface area contributed by atoms with E-state index in [4.69, 9.17) is 14.5 Å². The standard InChI is InChI=1S/C30H30N4O2S/c1-35-28-17-9-23(10-18-28)21-34(22-24-11-19-29(36-2)20-12-24)30(37-3)31-25-13-15-27(16-14-25)33-32-26-7-5-4-6-8-26/h4-20H,21-22H2,1-3H3. The van der Waals surface area contributed by atoms with Gasteiger partial charge in [0.1, 0.15) is 11.5 Å². The summed E-state index contributed by atoms with van der Waals surface area (Å²) in [5.74, 6) is 1.68. The Balaban J connectivity index is 1.56. The molecule has 0 bridgehead atoms. The molecule has 4 aromatic carbocycles. The normalized spacial score (nSPS) is 11.5. The van der Waals surface area contributed by atoms with E-state index < -0.39 is 0 Å². The summed E-state index contributed by atoms with van der Waals surface area (Å²) in [5.41, 5.74) is 4.81. The summed E-state index contributed by atoms with van der Waals surface area (Å²) in [6.07, 6.45) is 2.05. The van der Waals surface area contributed by atoms with Crippen molar-refractivity contribution in [3.63, 3.8) is 0 Å². The van der Waals surface area contributed by atoms with Crippen molar-refractivity contribution in [2.24, 2.45) is 15.2 Å². The van der Waals surface area contributed by atoms with Crippen LogP contribution in [0.1, 0.15) is 11.1 Å². The maximum atomic E-state index is 5.32. The first-order chi connectivity index (χ1) is 18.2. The molecule has 4 rings (SSSR count).